The van der Waals surface area contributed by atoms with Crippen LogP contribution in [0.1, 0.15) is 58.9 Å². The Morgan fingerprint density at radius 3 is 1.71 bits per heavy atom. The van der Waals surface area contributed by atoms with Crippen molar-refractivity contribution in [3.63, 3.8) is 0 Å². The summed E-state index contributed by atoms with van der Waals surface area (Å²) in [6.07, 6.45) is 9.71. The summed E-state index contributed by atoms with van der Waals surface area (Å²) in [5.74, 6) is 0. The number of fused-ring (bicyclic) bond motifs is 1. The van der Waals surface area contributed by atoms with Crippen molar-refractivity contribution in [2.45, 2.75) is 84.5 Å². The van der Waals surface area contributed by atoms with Gasteiger partial charge in [-0.15, -0.1) is 0 Å². The van der Waals surface area contributed by atoms with Crippen LogP contribution in [0.2, 0.25) is 0 Å². The fourth-order valence-corrected chi connectivity index (χ4v) is 10.1. The zero-order valence-electron chi connectivity index (χ0n) is 38.9. The van der Waals surface area contributed by atoms with Gasteiger partial charge in [-0.05, 0) is 120 Å². The topological polar surface area (TPSA) is 100 Å². The largest absolute Gasteiger partial charge is 0.363 e. The van der Waals surface area contributed by atoms with Crippen LogP contribution in [0.15, 0.2) is 125 Å². The molecule has 0 amide bonds. The number of rotatable bonds is 13. The van der Waals surface area contributed by atoms with Crippen molar-refractivity contribution in [3.8, 4) is 56.0 Å². The number of anilines is 2. The molecule has 6 heterocycles. The third-order valence-corrected chi connectivity index (χ3v) is 13.5. The normalized spacial score (nSPS) is 16.4. The van der Waals surface area contributed by atoms with Crippen LogP contribution in [0.4, 0.5) is 11.4 Å². The van der Waals surface area contributed by atoms with E-state index in [2.05, 4.69) is 145 Å². The Morgan fingerprint density at radius 1 is 0.585 bits per heavy atom. The second-order valence-corrected chi connectivity index (χ2v) is 18.7. The first-order valence-corrected chi connectivity index (χ1v) is 23.4. The number of benzene rings is 3. The van der Waals surface area contributed by atoms with Crippen LogP contribution in [0, 0.1) is 6.92 Å². The summed E-state index contributed by atoms with van der Waals surface area (Å²) in [4.78, 5) is 42.7. The molecule has 2 atom stereocenters. The molecule has 7 aromatic rings. The molecule has 10 heteroatoms. The van der Waals surface area contributed by atoms with Gasteiger partial charge in [0.05, 0.1) is 17.1 Å². The van der Waals surface area contributed by atoms with E-state index in [-0.39, 0.29) is 23.2 Å². The Bertz CT molecular complexity index is 2970. The first kappa shape index (κ1) is 43.9. The van der Waals surface area contributed by atoms with Crippen LogP contribution < -0.4 is 31.6 Å². The summed E-state index contributed by atoms with van der Waals surface area (Å²) in [5, 5.41) is 9.36. The van der Waals surface area contributed by atoms with E-state index < -0.39 is 0 Å². The van der Waals surface area contributed by atoms with E-state index in [4.69, 9.17) is 4.98 Å². The average molecular weight is 867 g/mol. The molecule has 9 rings (SSSR count). The molecule has 0 radical (unpaired) electrons. The molecule has 2 aliphatic heterocycles. The molecular weight excluding hydrogens is 805 g/mol. The lowest BCUT2D eigenvalue weighted by molar-refractivity contribution is 0.523. The molecule has 2 aliphatic rings. The summed E-state index contributed by atoms with van der Waals surface area (Å²) in [7, 11) is 3.81. The summed E-state index contributed by atoms with van der Waals surface area (Å²) < 4.78 is 3.68. The third kappa shape index (κ3) is 8.89. The summed E-state index contributed by atoms with van der Waals surface area (Å²) in [6.45, 7) is 14.1. The van der Waals surface area contributed by atoms with Crippen LogP contribution in [0.3, 0.4) is 0 Å². The summed E-state index contributed by atoms with van der Waals surface area (Å²) in [6, 6.07) is 35.1. The number of pyridine rings is 4. The van der Waals surface area contributed by atoms with Crippen molar-refractivity contribution in [1.29, 1.82) is 0 Å². The van der Waals surface area contributed by atoms with Gasteiger partial charge in [0.25, 0.3) is 11.1 Å². The average Bonchev–Trinajstić information content (AvgIpc) is 3.99. The van der Waals surface area contributed by atoms with Gasteiger partial charge in [0.2, 0.25) is 0 Å². The smallest absolute Gasteiger partial charge is 0.274 e. The van der Waals surface area contributed by atoms with Gasteiger partial charge in [0, 0.05) is 99.7 Å². The van der Waals surface area contributed by atoms with Gasteiger partial charge in [-0.25, -0.2) is 0 Å². The standard InChI is InChI=1S/C55H62N8O2/c1-35(2)58-33-45-13-9-25-62(45)50-31-47(39-19-22-56-23-20-39)53(61(7)54(50)64)43-18-16-38-15-17-41(28-44(38)29-43)49-30-40(21-24-57-49)48-32-51(63-26-10-14-46(63)34-59-36(3)4)55(65)60(6)52(48)42-12-8-11-37(5)27-42/h8,11-12,15-24,27-32,35-36,45-46,58-59H,9-10,13-14,25-26,33-34H2,1-7H3/t45-,46-/m1/s1. The quantitative estimate of drug-likeness (QED) is 0.118. The van der Waals surface area contributed by atoms with Gasteiger partial charge in [-0.2, -0.15) is 0 Å². The molecule has 0 spiro atoms. The fraction of sp³-hybridized carbons (Fsp3) is 0.345. The first-order valence-electron chi connectivity index (χ1n) is 23.4. The number of nitrogens with zero attached hydrogens (tertiary/aromatic N) is 6. The Hall–Kier alpha value is -6.36. The Kier molecular flexibility index (Phi) is 12.6. The lowest BCUT2D eigenvalue weighted by Gasteiger charge is -2.29. The SMILES string of the molecule is Cc1cccc(-c2c(-c3ccnc(-c4ccc5ccc(-c6c(-c7ccncc7)cc(N7CCC[C@@H]7CNC(C)C)c(=O)n6C)cc5c4)c3)cc(N3CCC[C@@H]3CNC(C)C)c(=O)n2C)c1. The molecule has 4 aromatic heterocycles. The second kappa shape index (κ2) is 18.6. The third-order valence-electron chi connectivity index (χ3n) is 13.5. The van der Waals surface area contributed by atoms with Gasteiger partial charge in [-0.1, -0.05) is 75.7 Å². The highest BCUT2D eigenvalue weighted by atomic mass is 16.1. The summed E-state index contributed by atoms with van der Waals surface area (Å²) >= 11 is 0. The molecule has 10 nitrogen and oxygen atoms in total. The Labute approximate surface area is 383 Å². The molecule has 0 saturated carbocycles. The van der Waals surface area contributed by atoms with Gasteiger partial charge in [-0.3, -0.25) is 19.6 Å². The molecule has 0 bridgehead atoms. The minimum absolute atomic E-state index is 0.00296. The van der Waals surface area contributed by atoms with Crippen LogP contribution in [-0.4, -0.2) is 69.4 Å². The number of aryl methyl sites for hydroxylation is 1. The minimum atomic E-state index is 0.00296. The number of hydrogen-bond acceptors (Lipinski definition) is 8. The van der Waals surface area contributed by atoms with Crippen molar-refractivity contribution in [3.05, 3.63) is 142 Å². The van der Waals surface area contributed by atoms with Crippen molar-refractivity contribution in [1.82, 2.24) is 29.7 Å². The fourth-order valence-electron chi connectivity index (χ4n) is 10.1. The highest BCUT2D eigenvalue weighted by molar-refractivity contribution is 5.94. The van der Waals surface area contributed by atoms with E-state index >= 15 is 0 Å². The van der Waals surface area contributed by atoms with Crippen LogP contribution in [0.5, 0.6) is 0 Å². The van der Waals surface area contributed by atoms with E-state index in [0.29, 0.717) is 12.1 Å². The number of aromatic nitrogens is 4. The van der Waals surface area contributed by atoms with Crippen LogP contribution >= 0.6 is 0 Å². The maximum Gasteiger partial charge on any atom is 0.274 e. The van der Waals surface area contributed by atoms with Gasteiger partial charge in [0.1, 0.15) is 11.4 Å². The van der Waals surface area contributed by atoms with Crippen molar-refractivity contribution in [2.75, 3.05) is 36.0 Å². The highest BCUT2D eigenvalue weighted by Gasteiger charge is 2.30. The van der Waals surface area contributed by atoms with Crippen LogP contribution in [-0.2, 0) is 14.1 Å². The highest BCUT2D eigenvalue weighted by Crippen LogP contribution is 2.39. The second-order valence-electron chi connectivity index (χ2n) is 18.7. The van der Waals surface area contributed by atoms with Crippen LogP contribution in [0.25, 0.3) is 66.8 Å². The zero-order chi connectivity index (χ0) is 45.4. The van der Waals surface area contributed by atoms with E-state index in [1.54, 1.807) is 0 Å². The molecular formula is C55H62N8O2. The van der Waals surface area contributed by atoms with Gasteiger partial charge in [0.15, 0.2) is 0 Å². The maximum atomic E-state index is 14.5. The maximum absolute atomic E-state index is 14.5. The Balaban J connectivity index is 1.13. The molecule has 2 saturated heterocycles. The predicted octanol–water partition coefficient (Wildman–Crippen LogP) is 9.60. The molecule has 0 unspecified atom stereocenters. The molecule has 3 aromatic carbocycles. The molecule has 2 N–H and O–H groups in total. The minimum Gasteiger partial charge on any atom is -0.363 e. The molecule has 2 fully saturated rings. The first-order chi connectivity index (χ1) is 31.4. The zero-order valence-corrected chi connectivity index (χ0v) is 38.9. The summed E-state index contributed by atoms with van der Waals surface area (Å²) in [5.41, 5.74) is 12.1. The number of hydrogen-bond donors (Lipinski definition) is 2. The van der Waals surface area contributed by atoms with E-state index in [1.165, 1.54) is 0 Å². The molecule has 65 heavy (non-hydrogen) atoms. The van der Waals surface area contributed by atoms with Crippen molar-refractivity contribution < 1.29 is 0 Å². The van der Waals surface area contributed by atoms with E-state index in [1.807, 2.05) is 54.0 Å². The van der Waals surface area contributed by atoms with Gasteiger partial charge >= 0.3 is 0 Å². The lowest BCUT2D eigenvalue weighted by atomic mass is 9.95. The molecule has 334 valence electrons. The van der Waals surface area contributed by atoms with E-state index in [9.17, 15) is 9.59 Å². The Morgan fingerprint density at radius 2 is 1.12 bits per heavy atom. The lowest BCUT2D eigenvalue weighted by Crippen LogP contribution is -2.42. The van der Waals surface area contributed by atoms with Crippen molar-refractivity contribution >= 4 is 22.1 Å². The molecule has 0 aliphatic carbocycles. The predicted molar refractivity (Wildman–Crippen MR) is 269 cm³/mol. The van der Waals surface area contributed by atoms with Crippen molar-refractivity contribution in [2.24, 2.45) is 14.1 Å². The van der Waals surface area contributed by atoms with E-state index in [0.717, 1.165) is 136 Å². The number of nitrogens with one attached hydrogen (secondary N) is 2. The monoisotopic (exact) mass is 866 g/mol. The van der Waals surface area contributed by atoms with Gasteiger partial charge < -0.3 is 29.6 Å².